The first-order chi connectivity index (χ1) is 9.65. The Hall–Kier alpha value is -0.910. The normalized spacial score (nSPS) is 17.4. The Kier molecular flexibility index (Phi) is 6.01. The summed E-state index contributed by atoms with van der Waals surface area (Å²) in [6.45, 7) is 8.80. The summed E-state index contributed by atoms with van der Waals surface area (Å²) in [6, 6.07) is 4.27. The topological polar surface area (TPSA) is 32.8 Å². The molecule has 0 aromatic carbocycles. The molecule has 0 N–H and O–H groups in total. The largest absolute Gasteiger partial charge is 0.369 e. The van der Waals surface area contributed by atoms with Gasteiger partial charge >= 0.3 is 0 Å². The fraction of sp³-hybridized carbons (Fsp3) is 0.667. The Labute approximate surface area is 125 Å². The third kappa shape index (κ3) is 4.89. The minimum atomic E-state index is 0.112. The van der Waals surface area contributed by atoms with Crippen LogP contribution in [0.3, 0.4) is 0 Å². The predicted molar refractivity (Wildman–Crippen MR) is 81.9 cm³/mol. The maximum Gasteiger partial charge on any atom is 0.248 e. The highest BCUT2D eigenvalue weighted by Crippen LogP contribution is 2.13. The number of carbonyl (C=O) groups excluding carboxylic acids is 1. The molecule has 0 spiro atoms. The van der Waals surface area contributed by atoms with Gasteiger partial charge in [-0.25, -0.2) is 0 Å². The fourth-order valence-electron chi connectivity index (χ4n) is 2.33. The summed E-state index contributed by atoms with van der Waals surface area (Å²) in [5.74, 6) is 0.122. The molecule has 5 heteroatoms. The van der Waals surface area contributed by atoms with Crippen molar-refractivity contribution in [3.63, 3.8) is 0 Å². The van der Waals surface area contributed by atoms with Crippen LogP contribution >= 0.6 is 11.3 Å². The molecule has 0 aliphatic carbocycles. The van der Waals surface area contributed by atoms with Crippen molar-refractivity contribution in [1.29, 1.82) is 0 Å². The first-order valence-electron chi connectivity index (χ1n) is 7.29. The van der Waals surface area contributed by atoms with E-state index in [9.17, 15) is 4.79 Å². The SMILES string of the molecule is CC(C)OCC(=O)N1CCCN(Cc2cccs2)CC1. The minimum absolute atomic E-state index is 0.112. The van der Waals surface area contributed by atoms with Gasteiger partial charge in [-0.3, -0.25) is 9.69 Å². The van der Waals surface area contributed by atoms with E-state index in [2.05, 4.69) is 22.4 Å². The Bertz CT molecular complexity index is 406. The van der Waals surface area contributed by atoms with Gasteiger partial charge in [-0.1, -0.05) is 6.07 Å². The average molecular weight is 296 g/mol. The van der Waals surface area contributed by atoms with E-state index >= 15 is 0 Å². The number of amides is 1. The molecule has 1 aliphatic rings. The van der Waals surface area contributed by atoms with Crippen LogP contribution in [0.2, 0.25) is 0 Å². The zero-order valence-corrected chi connectivity index (χ0v) is 13.2. The highest BCUT2D eigenvalue weighted by Gasteiger charge is 2.19. The lowest BCUT2D eigenvalue weighted by Gasteiger charge is -2.22. The van der Waals surface area contributed by atoms with Crippen molar-refractivity contribution in [1.82, 2.24) is 9.80 Å². The molecule has 0 saturated carbocycles. The van der Waals surface area contributed by atoms with Gasteiger partial charge in [-0.15, -0.1) is 11.3 Å². The number of hydrogen-bond donors (Lipinski definition) is 0. The van der Waals surface area contributed by atoms with Gasteiger partial charge in [0.2, 0.25) is 5.91 Å². The molecule has 2 rings (SSSR count). The summed E-state index contributed by atoms with van der Waals surface area (Å²) in [5.41, 5.74) is 0. The highest BCUT2D eigenvalue weighted by atomic mass is 32.1. The second-order valence-corrected chi connectivity index (χ2v) is 6.48. The molecule has 0 bridgehead atoms. The van der Waals surface area contributed by atoms with Gasteiger partial charge in [0, 0.05) is 37.6 Å². The predicted octanol–water partition coefficient (Wildman–Crippen LogP) is 2.21. The average Bonchev–Trinajstić information content (AvgIpc) is 2.81. The summed E-state index contributed by atoms with van der Waals surface area (Å²) in [7, 11) is 0. The number of thiophene rings is 1. The summed E-state index contributed by atoms with van der Waals surface area (Å²) >= 11 is 1.80. The van der Waals surface area contributed by atoms with E-state index in [0.29, 0.717) is 0 Å². The number of nitrogens with zero attached hydrogens (tertiary/aromatic N) is 2. The van der Waals surface area contributed by atoms with E-state index in [0.717, 1.165) is 39.1 Å². The molecule has 0 radical (unpaired) electrons. The van der Waals surface area contributed by atoms with Gasteiger partial charge < -0.3 is 9.64 Å². The van der Waals surface area contributed by atoms with Crippen molar-refractivity contribution in [2.45, 2.75) is 32.9 Å². The standard InChI is InChI=1S/C15H24N2O2S/c1-13(2)19-12-15(18)17-7-4-6-16(8-9-17)11-14-5-3-10-20-14/h3,5,10,13H,4,6-9,11-12H2,1-2H3. The van der Waals surface area contributed by atoms with E-state index in [1.54, 1.807) is 11.3 Å². The van der Waals surface area contributed by atoms with E-state index in [-0.39, 0.29) is 18.6 Å². The van der Waals surface area contributed by atoms with Crippen molar-refractivity contribution in [2.24, 2.45) is 0 Å². The van der Waals surface area contributed by atoms with Crippen LogP contribution in [-0.4, -0.2) is 54.6 Å². The number of hydrogen-bond acceptors (Lipinski definition) is 4. The van der Waals surface area contributed by atoms with Crippen molar-refractivity contribution >= 4 is 17.2 Å². The lowest BCUT2D eigenvalue weighted by molar-refractivity contribution is -0.137. The number of carbonyl (C=O) groups is 1. The molecule has 1 aromatic rings. The summed E-state index contributed by atoms with van der Waals surface area (Å²) in [6.07, 6.45) is 1.15. The molecule has 0 atom stereocenters. The van der Waals surface area contributed by atoms with Crippen molar-refractivity contribution in [3.8, 4) is 0 Å². The van der Waals surface area contributed by atoms with Crippen LogP contribution in [0.25, 0.3) is 0 Å². The first kappa shape index (κ1) is 15.5. The molecule has 0 unspecified atom stereocenters. The molecule has 112 valence electrons. The number of rotatable bonds is 5. The van der Waals surface area contributed by atoms with Crippen LogP contribution in [-0.2, 0) is 16.1 Å². The van der Waals surface area contributed by atoms with Crippen molar-refractivity contribution < 1.29 is 9.53 Å². The molecule has 1 fully saturated rings. The Balaban J connectivity index is 1.78. The molecule has 4 nitrogen and oxygen atoms in total. The zero-order chi connectivity index (χ0) is 14.4. The van der Waals surface area contributed by atoms with Crippen LogP contribution < -0.4 is 0 Å². The third-order valence-electron chi connectivity index (χ3n) is 3.44. The van der Waals surface area contributed by atoms with Gasteiger partial charge in [0.25, 0.3) is 0 Å². The van der Waals surface area contributed by atoms with Crippen LogP contribution in [0, 0.1) is 0 Å². The number of ether oxygens (including phenoxy) is 1. The Morgan fingerprint density at radius 3 is 2.90 bits per heavy atom. The summed E-state index contributed by atoms with van der Waals surface area (Å²) in [5, 5.41) is 2.12. The summed E-state index contributed by atoms with van der Waals surface area (Å²) < 4.78 is 5.41. The third-order valence-corrected chi connectivity index (χ3v) is 4.30. The minimum Gasteiger partial charge on any atom is -0.369 e. The molecule has 1 aliphatic heterocycles. The van der Waals surface area contributed by atoms with Crippen LogP contribution in [0.5, 0.6) is 0 Å². The molecule has 1 amide bonds. The van der Waals surface area contributed by atoms with E-state index in [4.69, 9.17) is 4.74 Å². The highest BCUT2D eigenvalue weighted by molar-refractivity contribution is 7.09. The van der Waals surface area contributed by atoms with E-state index in [1.807, 2.05) is 18.7 Å². The molecule has 2 heterocycles. The second-order valence-electron chi connectivity index (χ2n) is 5.45. The smallest absolute Gasteiger partial charge is 0.248 e. The molecule has 20 heavy (non-hydrogen) atoms. The van der Waals surface area contributed by atoms with Gasteiger partial charge in [-0.05, 0) is 31.7 Å². The van der Waals surface area contributed by atoms with E-state index in [1.165, 1.54) is 4.88 Å². The van der Waals surface area contributed by atoms with Gasteiger partial charge in [-0.2, -0.15) is 0 Å². The molecule has 1 saturated heterocycles. The van der Waals surface area contributed by atoms with Crippen molar-refractivity contribution in [3.05, 3.63) is 22.4 Å². The van der Waals surface area contributed by atoms with Crippen LogP contribution in [0.4, 0.5) is 0 Å². The van der Waals surface area contributed by atoms with Crippen molar-refractivity contribution in [2.75, 3.05) is 32.8 Å². The maximum atomic E-state index is 12.1. The monoisotopic (exact) mass is 296 g/mol. The Morgan fingerprint density at radius 2 is 2.20 bits per heavy atom. The van der Waals surface area contributed by atoms with E-state index < -0.39 is 0 Å². The Morgan fingerprint density at radius 1 is 1.35 bits per heavy atom. The zero-order valence-electron chi connectivity index (χ0n) is 12.4. The van der Waals surface area contributed by atoms with Gasteiger partial charge in [0.05, 0.1) is 6.10 Å². The molecule has 1 aromatic heterocycles. The second kappa shape index (κ2) is 7.76. The lowest BCUT2D eigenvalue weighted by Crippen LogP contribution is -2.37. The molecular formula is C15H24N2O2S. The summed E-state index contributed by atoms with van der Waals surface area (Å²) in [4.78, 5) is 17.8. The quantitative estimate of drug-likeness (QED) is 0.835. The lowest BCUT2D eigenvalue weighted by atomic mass is 10.3. The molecular weight excluding hydrogens is 272 g/mol. The van der Waals surface area contributed by atoms with Gasteiger partial charge in [0.1, 0.15) is 6.61 Å². The van der Waals surface area contributed by atoms with Crippen LogP contribution in [0.1, 0.15) is 25.1 Å². The van der Waals surface area contributed by atoms with Gasteiger partial charge in [0.15, 0.2) is 0 Å². The van der Waals surface area contributed by atoms with Crippen LogP contribution in [0.15, 0.2) is 17.5 Å². The fourth-order valence-corrected chi connectivity index (χ4v) is 3.08. The maximum absolute atomic E-state index is 12.1. The first-order valence-corrected chi connectivity index (χ1v) is 8.17.